The van der Waals surface area contributed by atoms with Crippen LogP contribution < -0.4 is 11.1 Å². The Morgan fingerprint density at radius 1 is 1.26 bits per heavy atom. The normalized spacial score (nSPS) is 27.4. The molecule has 0 aromatic heterocycles. The molecule has 1 aromatic rings. The lowest BCUT2D eigenvalue weighted by Crippen LogP contribution is -2.45. The van der Waals surface area contributed by atoms with Crippen LogP contribution in [0.2, 0.25) is 0 Å². The van der Waals surface area contributed by atoms with E-state index < -0.39 is 18.2 Å². The summed E-state index contributed by atoms with van der Waals surface area (Å²) in [6, 6.07) is 10.0. The average molecular weight is 480 g/mol. The van der Waals surface area contributed by atoms with Crippen molar-refractivity contribution in [3.05, 3.63) is 59.8 Å². The van der Waals surface area contributed by atoms with E-state index in [1.807, 2.05) is 25.2 Å². The first kappa shape index (κ1) is 26.3. The molecule has 188 valence electrons. The number of nitrogens with two attached hydrogens (primary N) is 1. The van der Waals surface area contributed by atoms with E-state index in [-0.39, 0.29) is 17.3 Å². The minimum atomic E-state index is -5.00. The van der Waals surface area contributed by atoms with Crippen LogP contribution in [-0.4, -0.2) is 49.8 Å². The molecule has 1 aromatic carbocycles. The summed E-state index contributed by atoms with van der Waals surface area (Å²) in [5.41, 5.74) is 7.91. The molecule has 0 saturated heterocycles. The van der Waals surface area contributed by atoms with Crippen molar-refractivity contribution in [2.24, 2.45) is 23.0 Å². The predicted molar refractivity (Wildman–Crippen MR) is 127 cm³/mol. The molecule has 2 aliphatic carbocycles. The summed E-state index contributed by atoms with van der Waals surface area (Å²) in [7, 11) is 1.89. The summed E-state index contributed by atoms with van der Waals surface area (Å²) in [6.45, 7) is 4.53. The van der Waals surface area contributed by atoms with E-state index in [1.165, 1.54) is 0 Å². The van der Waals surface area contributed by atoms with Crippen molar-refractivity contribution in [1.29, 1.82) is 0 Å². The van der Waals surface area contributed by atoms with Gasteiger partial charge in [0, 0.05) is 43.7 Å². The molecule has 8 heteroatoms. The van der Waals surface area contributed by atoms with Crippen LogP contribution in [-0.2, 0) is 16.1 Å². The fourth-order valence-corrected chi connectivity index (χ4v) is 4.99. The molecule has 0 aliphatic heterocycles. The summed E-state index contributed by atoms with van der Waals surface area (Å²) in [5.74, 6) is -2.23. The third-order valence-corrected chi connectivity index (χ3v) is 6.93. The van der Waals surface area contributed by atoms with Gasteiger partial charge in [-0.05, 0) is 49.8 Å². The minimum absolute atomic E-state index is 0.0637. The van der Waals surface area contributed by atoms with Gasteiger partial charge in [-0.25, -0.2) is 4.79 Å². The number of halogens is 3. The number of rotatable bonds is 9. The molecule has 3 N–H and O–H groups in total. The van der Waals surface area contributed by atoms with Crippen LogP contribution in [0, 0.1) is 17.3 Å². The molecule has 4 unspecified atom stereocenters. The summed E-state index contributed by atoms with van der Waals surface area (Å²) in [5, 5.41) is 3.16. The highest BCUT2D eigenvalue weighted by molar-refractivity contribution is 5.75. The molecule has 5 nitrogen and oxygen atoms in total. The molecular formula is C26H36F3N3O2. The summed E-state index contributed by atoms with van der Waals surface area (Å²) >= 11 is 0. The van der Waals surface area contributed by atoms with Crippen LogP contribution in [0.3, 0.4) is 0 Å². The molecule has 34 heavy (non-hydrogen) atoms. The topological polar surface area (TPSA) is 67.6 Å². The van der Waals surface area contributed by atoms with Crippen LogP contribution in [0.25, 0.3) is 0 Å². The zero-order chi connectivity index (χ0) is 24.8. The lowest BCUT2D eigenvalue weighted by molar-refractivity contribution is -0.209. The monoisotopic (exact) mass is 479 g/mol. The van der Waals surface area contributed by atoms with Gasteiger partial charge in [-0.2, -0.15) is 13.2 Å². The van der Waals surface area contributed by atoms with Gasteiger partial charge < -0.3 is 15.8 Å². The van der Waals surface area contributed by atoms with Gasteiger partial charge in [-0.15, -0.1) is 0 Å². The molecule has 3 rings (SSSR count). The first-order valence-electron chi connectivity index (χ1n) is 11.9. The number of hydrogen-bond acceptors (Lipinski definition) is 5. The largest absolute Gasteiger partial charge is 0.490 e. The number of allylic oxidation sites excluding steroid dienone is 2. The number of ether oxygens (including phenoxy) is 1. The summed E-state index contributed by atoms with van der Waals surface area (Å²) in [4.78, 5) is 14.0. The third kappa shape index (κ3) is 7.34. The second-order valence-electron chi connectivity index (χ2n) is 9.87. The first-order valence-corrected chi connectivity index (χ1v) is 11.9. The van der Waals surface area contributed by atoms with Crippen LogP contribution in [0.5, 0.6) is 0 Å². The maximum absolute atomic E-state index is 13.0. The number of nitrogens with zero attached hydrogens (tertiary/aromatic N) is 1. The van der Waals surface area contributed by atoms with E-state index in [4.69, 9.17) is 10.5 Å². The Morgan fingerprint density at radius 3 is 2.59 bits per heavy atom. The van der Waals surface area contributed by atoms with E-state index in [1.54, 1.807) is 0 Å². The smallest absolute Gasteiger partial charge is 0.455 e. The maximum atomic E-state index is 13.0. The van der Waals surface area contributed by atoms with Gasteiger partial charge in [-0.3, -0.25) is 4.90 Å². The van der Waals surface area contributed by atoms with E-state index >= 15 is 0 Å². The highest BCUT2D eigenvalue weighted by Crippen LogP contribution is 2.35. The summed E-state index contributed by atoms with van der Waals surface area (Å²) < 4.78 is 43.9. The molecule has 0 bridgehead atoms. The molecule has 4 atom stereocenters. The van der Waals surface area contributed by atoms with Crippen molar-refractivity contribution in [3.63, 3.8) is 0 Å². The van der Waals surface area contributed by atoms with Crippen molar-refractivity contribution in [2.45, 2.75) is 51.4 Å². The van der Waals surface area contributed by atoms with Crippen LogP contribution in [0.4, 0.5) is 13.2 Å². The van der Waals surface area contributed by atoms with Crippen LogP contribution in [0.1, 0.15) is 38.2 Å². The second kappa shape index (κ2) is 11.4. The number of hydrogen-bond donors (Lipinski definition) is 2. The highest BCUT2D eigenvalue weighted by Gasteiger charge is 2.44. The quantitative estimate of drug-likeness (QED) is 0.514. The summed E-state index contributed by atoms with van der Waals surface area (Å²) in [6.07, 6.45) is 3.38. The van der Waals surface area contributed by atoms with Gasteiger partial charge in [0.1, 0.15) is 6.10 Å². The Morgan fingerprint density at radius 2 is 2.00 bits per heavy atom. The zero-order valence-corrected chi connectivity index (χ0v) is 20.0. The van der Waals surface area contributed by atoms with Gasteiger partial charge in [0.15, 0.2) is 0 Å². The van der Waals surface area contributed by atoms with Crippen LogP contribution >= 0.6 is 0 Å². The van der Waals surface area contributed by atoms with Crippen molar-refractivity contribution >= 4 is 5.97 Å². The SMILES string of the molecule is CNC1=CCC(C)(CN(Cc2ccccc2)CC2CCC(CN)CC2OC(=O)C(F)(F)F)C=C1. The molecule has 0 radical (unpaired) electrons. The predicted octanol–water partition coefficient (Wildman–Crippen LogP) is 4.41. The van der Waals surface area contributed by atoms with Crippen molar-refractivity contribution < 1.29 is 22.7 Å². The lowest BCUT2D eigenvalue weighted by atomic mass is 9.78. The average Bonchev–Trinajstić information content (AvgIpc) is 2.80. The number of carbonyl (C=O) groups excluding carboxylic acids is 1. The molecular weight excluding hydrogens is 443 g/mol. The number of nitrogens with one attached hydrogen (secondary N) is 1. The fraction of sp³-hybridized carbons (Fsp3) is 0.577. The van der Waals surface area contributed by atoms with E-state index in [2.05, 4.69) is 47.5 Å². The highest BCUT2D eigenvalue weighted by atomic mass is 19.4. The number of benzene rings is 1. The van der Waals surface area contributed by atoms with E-state index in [9.17, 15) is 18.0 Å². The Bertz CT molecular complexity index is 872. The van der Waals surface area contributed by atoms with Crippen molar-refractivity contribution in [3.8, 4) is 0 Å². The first-order chi connectivity index (χ1) is 16.1. The number of likely N-dealkylation sites (N-methyl/N-ethyl adjacent to an activating group) is 1. The fourth-order valence-electron chi connectivity index (χ4n) is 4.99. The number of carbonyl (C=O) groups is 1. The molecule has 0 spiro atoms. The lowest BCUT2D eigenvalue weighted by Gasteiger charge is -2.40. The molecule has 2 aliphatic rings. The van der Waals surface area contributed by atoms with Crippen LogP contribution in [0.15, 0.2) is 54.3 Å². The molecule has 1 saturated carbocycles. The Hall–Kier alpha value is -2.32. The number of alkyl halides is 3. The van der Waals surface area contributed by atoms with Crippen molar-refractivity contribution in [2.75, 3.05) is 26.7 Å². The number of esters is 1. The Kier molecular flexibility index (Phi) is 8.82. The minimum Gasteiger partial charge on any atom is -0.455 e. The van der Waals surface area contributed by atoms with E-state index in [0.717, 1.165) is 30.6 Å². The second-order valence-corrected chi connectivity index (χ2v) is 9.87. The van der Waals surface area contributed by atoms with E-state index in [0.29, 0.717) is 32.5 Å². The Balaban J connectivity index is 1.78. The van der Waals surface area contributed by atoms with Gasteiger partial charge in [0.05, 0.1) is 0 Å². The molecule has 0 heterocycles. The molecule has 0 amide bonds. The van der Waals surface area contributed by atoms with Gasteiger partial charge in [0.2, 0.25) is 0 Å². The van der Waals surface area contributed by atoms with Gasteiger partial charge >= 0.3 is 12.1 Å². The van der Waals surface area contributed by atoms with Gasteiger partial charge in [-0.1, -0.05) is 49.4 Å². The van der Waals surface area contributed by atoms with Crippen molar-refractivity contribution in [1.82, 2.24) is 10.2 Å². The standard InChI is InChI=1S/C26H36F3N3O2/c1-25(12-10-22(31-2)11-13-25)18-32(16-19-6-4-3-5-7-19)17-21-9-8-20(15-30)14-23(21)34-24(33)26(27,28)29/h3-7,10-12,20-21,23,31H,8-9,13-18,30H2,1-2H3. The zero-order valence-electron chi connectivity index (χ0n) is 20.0. The van der Waals surface area contributed by atoms with Gasteiger partial charge in [0.25, 0.3) is 0 Å². The maximum Gasteiger partial charge on any atom is 0.490 e. The Labute approximate surface area is 200 Å². The third-order valence-electron chi connectivity index (χ3n) is 6.93. The molecule has 1 fully saturated rings.